The van der Waals surface area contributed by atoms with Gasteiger partial charge in [0.05, 0.1) is 29.1 Å². The van der Waals surface area contributed by atoms with E-state index < -0.39 is 0 Å². The van der Waals surface area contributed by atoms with Crippen molar-refractivity contribution >= 4 is 16.9 Å². The highest BCUT2D eigenvalue weighted by Gasteiger charge is 2.20. The first-order valence-electron chi connectivity index (χ1n) is 10.5. The second kappa shape index (κ2) is 6.72. The van der Waals surface area contributed by atoms with Crippen LogP contribution in [0.3, 0.4) is 0 Å². The van der Waals surface area contributed by atoms with Gasteiger partial charge in [-0.1, -0.05) is 12.1 Å². The minimum Gasteiger partial charge on any atom is -0.369 e. The van der Waals surface area contributed by atoms with Gasteiger partial charge in [0.2, 0.25) is 0 Å². The van der Waals surface area contributed by atoms with Gasteiger partial charge in [0.25, 0.3) is 0 Å². The Kier molecular flexibility index (Phi) is 3.89. The number of allylic oxidation sites excluding steroid dienone is 3. The molecule has 146 valence electrons. The Hall–Kier alpha value is -3.15. The maximum absolute atomic E-state index is 4.91. The first kappa shape index (κ1) is 16.8. The highest BCUT2D eigenvalue weighted by molar-refractivity contribution is 5.82. The van der Waals surface area contributed by atoms with Gasteiger partial charge in [-0.15, -0.1) is 0 Å². The fraction of sp³-hybridized carbons (Fsp3) is 0.348. The Labute approximate surface area is 170 Å². The number of imidazole rings is 1. The smallest absolute Gasteiger partial charge is 0.147 e. The van der Waals surface area contributed by atoms with Crippen molar-refractivity contribution < 1.29 is 0 Å². The molecule has 2 aromatic heterocycles. The minimum absolute atomic E-state index is 0.922. The van der Waals surface area contributed by atoms with Crippen LogP contribution in [0.1, 0.15) is 18.7 Å². The van der Waals surface area contributed by atoms with Crippen LogP contribution in [0.15, 0.2) is 54.5 Å². The van der Waals surface area contributed by atoms with E-state index in [1.165, 1.54) is 29.9 Å². The topological polar surface area (TPSA) is 50.1 Å². The third kappa shape index (κ3) is 2.90. The zero-order chi connectivity index (χ0) is 19.2. The molecule has 0 spiro atoms. The van der Waals surface area contributed by atoms with Gasteiger partial charge >= 0.3 is 0 Å². The molecule has 2 aliphatic heterocycles. The molecule has 0 bridgehead atoms. The van der Waals surface area contributed by atoms with Crippen LogP contribution in [0.25, 0.3) is 22.3 Å². The van der Waals surface area contributed by atoms with Crippen LogP contribution in [-0.4, -0.2) is 50.6 Å². The third-order valence-electron chi connectivity index (χ3n) is 6.29. The van der Waals surface area contributed by atoms with E-state index in [0.717, 1.165) is 61.7 Å². The van der Waals surface area contributed by atoms with E-state index in [-0.39, 0.29) is 0 Å². The van der Waals surface area contributed by atoms with E-state index in [0.29, 0.717) is 0 Å². The molecule has 0 atom stereocenters. The van der Waals surface area contributed by atoms with E-state index in [9.17, 15) is 0 Å². The number of hydrogen-bond donors (Lipinski definition) is 0. The number of aromatic nitrogens is 4. The molecule has 6 rings (SSSR count). The van der Waals surface area contributed by atoms with Crippen molar-refractivity contribution in [3.8, 4) is 11.3 Å². The molecule has 29 heavy (non-hydrogen) atoms. The van der Waals surface area contributed by atoms with Crippen LogP contribution in [0.4, 0.5) is 5.82 Å². The fourth-order valence-electron chi connectivity index (χ4n) is 4.57. The molecule has 0 N–H and O–H groups in total. The van der Waals surface area contributed by atoms with E-state index >= 15 is 0 Å². The van der Waals surface area contributed by atoms with Crippen molar-refractivity contribution in [2.45, 2.75) is 25.8 Å². The Morgan fingerprint density at radius 1 is 0.862 bits per heavy atom. The molecule has 0 saturated carbocycles. The number of hydrogen-bond acceptors (Lipinski definition) is 5. The Morgan fingerprint density at radius 3 is 2.52 bits per heavy atom. The Morgan fingerprint density at radius 2 is 1.76 bits per heavy atom. The summed E-state index contributed by atoms with van der Waals surface area (Å²) in [5.74, 6) is 2.17. The van der Waals surface area contributed by atoms with E-state index in [2.05, 4.69) is 55.8 Å². The van der Waals surface area contributed by atoms with E-state index in [1.807, 2.05) is 12.4 Å². The van der Waals surface area contributed by atoms with Crippen molar-refractivity contribution in [3.05, 3.63) is 60.3 Å². The number of anilines is 1. The molecule has 4 heterocycles. The normalized spacial score (nSPS) is 18.6. The summed E-state index contributed by atoms with van der Waals surface area (Å²) in [6, 6.07) is 6.46. The average molecular weight is 384 g/mol. The zero-order valence-electron chi connectivity index (χ0n) is 16.5. The highest BCUT2D eigenvalue weighted by atomic mass is 15.2. The quantitative estimate of drug-likeness (QED) is 0.693. The SMILES string of the molecule is C1=CC(N2CCc3nc4ccc(-c5cnc(N6CCCC6)cn5)cc4n3CC2)=C1. The lowest BCUT2D eigenvalue weighted by Gasteiger charge is -2.25. The van der Waals surface area contributed by atoms with Crippen LogP contribution >= 0.6 is 0 Å². The third-order valence-corrected chi connectivity index (χ3v) is 6.29. The predicted molar refractivity (Wildman–Crippen MR) is 115 cm³/mol. The lowest BCUT2D eigenvalue weighted by Crippen LogP contribution is -2.26. The predicted octanol–water partition coefficient (Wildman–Crippen LogP) is 3.41. The second-order valence-electron chi connectivity index (χ2n) is 8.02. The first-order chi connectivity index (χ1) is 14.3. The molecule has 0 radical (unpaired) electrons. The van der Waals surface area contributed by atoms with Gasteiger partial charge in [-0.3, -0.25) is 4.98 Å². The molecule has 6 nitrogen and oxygen atoms in total. The van der Waals surface area contributed by atoms with E-state index in [1.54, 1.807) is 0 Å². The second-order valence-corrected chi connectivity index (χ2v) is 8.02. The summed E-state index contributed by atoms with van der Waals surface area (Å²) < 4.78 is 2.38. The lowest BCUT2D eigenvalue weighted by molar-refractivity contribution is 0.359. The van der Waals surface area contributed by atoms with Crippen molar-refractivity contribution in [2.75, 3.05) is 31.1 Å². The summed E-state index contributed by atoms with van der Waals surface area (Å²) in [6.45, 7) is 5.18. The van der Waals surface area contributed by atoms with Crippen molar-refractivity contribution in [2.24, 2.45) is 0 Å². The summed E-state index contributed by atoms with van der Waals surface area (Å²) in [5.41, 5.74) is 5.63. The lowest BCUT2D eigenvalue weighted by atomic mass is 10.1. The van der Waals surface area contributed by atoms with E-state index in [4.69, 9.17) is 9.97 Å². The largest absolute Gasteiger partial charge is 0.369 e. The minimum atomic E-state index is 0.922. The maximum atomic E-state index is 4.91. The van der Waals surface area contributed by atoms with Crippen LogP contribution in [0.2, 0.25) is 0 Å². The van der Waals surface area contributed by atoms with Crippen LogP contribution < -0.4 is 4.90 Å². The van der Waals surface area contributed by atoms with Gasteiger partial charge in [0.1, 0.15) is 11.6 Å². The van der Waals surface area contributed by atoms with Crippen molar-refractivity contribution in [1.29, 1.82) is 0 Å². The van der Waals surface area contributed by atoms with Gasteiger partial charge in [-0.2, -0.15) is 0 Å². The van der Waals surface area contributed by atoms with Crippen molar-refractivity contribution in [3.63, 3.8) is 0 Å². The summed E-state index contributed by atoms with van der Waals surface area (Å²) >= 11 is 0. The molecule has 0 unspecified atom stereocenters. The van der Waals surface area contributed by atoms with Gasteiger partial charge in [0.15, 0.2) is 0 Å². The monoisotopic (exact) mass is 384 g/mol. The number of rotatable bonds is 3. The van der Waals surface area contributed by atoms with Gasteiger partial charge in [-0.25, -0.2) is 9.97 Å². The highest BCUT2D eigenvalue weighted by Crippen LogP contribution is 2.27. The number of nitrogens with zero attached hydrogens (tertiary/aromatic N) is 6. The molecule has 3 aromatic rings. The molecule has 1 fully saturated rings. The van der Waals surface area contributed by atoms with Crippen LogP contribution in [0, 0.1) is 0 Å². The maximum Gasteiger partial charge on any atom is 0.147 e. The van der Waals surface area contributed by atoms with Crippen molar-refractivity contribution in [1.82, 2.24) is 24.4 Å². The molecular weight excluding hydrogens is 360 g/mol. The molecule has 6 heteroatoms. The fourth-order valence-corrected chi connectivity index (χ4v) is 4.57. The molecule has 0 amide bonds. The van der Waals surface area contributed by atoms with Gasteiger partial charge < -0.3 is 14.4 Å². The van der Waals surface area contributed by atoms with Gasteiger partial charge in [-0.05, 0) is 37.1 Å². The average Bonchev–Trinajstić information content (AvgIpc) is 3.32. The molecule has 3 aliphatic rings. The summed E-state index contributed by atoms with van der Waals surface area (Å²) in [4.78, 5) is 19.1. The standard InChI is InChI=1S/C23H24N6/c1-2-10-28(9-1)23-16-24-20(15-25-23)17-6-7-19-21(14-17)29-13-12-27(18-4-3-5-18)11-8-22(29)26-19/h3-7,14-16H,1-2,8-13H2. The zero-order valence-corrected chi connectivity index (χ0v) is 16.5. The molecule has 1 saturated heterocycles. The molecular formula is C23H24N6. The summed E-state index contributed by atoms with van der Waals surface area (Å²) in [5, 5.41) is 0. The summed E-state index contributed by atoms with van der Waals surface area (Å²) in [7, 11) is 0. The van der Waals surface area contributed by atoms with Crippen LogP contribution in [-0.2, 0) is 13.0 Å². The molecule has 1 aromatic carbocycles. The first-order valence-corrected chi connectivity index (χ1v) is 10.5. The van der Waals surface area contributed by atoms with Crippen LogP contribution in [0.5, 0.6) is 0 Å². The number of fused-ring (bicyclic) bond motifs is 3. The molecule has 1 aliphatic carbocycles. The Bertz CT molecular complexity index is 1120. The summed E-state index contributed by atoms with van der Waals surface area (Å²) in [6.07, 6.45) is 13.8. The van der Waals surface area contributed by atoms with Gasteiger partial charge in [0, 0.05) is 50.4 Å². The number of benzene rings is 1. The Balaban J connectivity index is 1.30.